The zero-order chi connectivity index (χ0) is 12.3. The van der Waals surface area contributed by atoms with Crippen molar-refractivity contribution >= 4 is 5.82 Å². The van der Waals surface area contributed by atoms with Gasteiger partial charge in [0, 0.05) is 19.7 Å². The van der Waals surface area contributed by atoms with Crippen LogP contribution in [-0.2, 0) is 13.6 Å². The molecule has 4 nitrogen and oxygen atoms in total. The van der Waals surface area contributed by atoms with Crippen LogP contribution in [0.4, 0.5) is 5.82 Å². The SMILES string of the molecule is COc1ccc(CNc2cc(C)nn2C)cc1. The minimum Gasteiger partial charge on any atom is -0.497 e. The summed E-state index contributed by atoms with van der Waals surface area (Å²) in [6.07, 6.45) is 0. The van der Waals surface area contributed by atoms with Gasteiger partial charge in [0.15, 0.2) is 0 Å². The quantitative estimate of drug-likeness (QED) is 0.878. The second-order valence-electron chi connectivity index (χ2n) is 4.00. The monoisotopic (exact) mass is 231 g/mol. The number of rotatable bonds is 4. The number of methoxy groups -OCH3 is 1. The maximum Gasteiger partial charge on any atom is 0.124 e. The van der Waals surface area contributed by atoms with Gasteiger partial charge in [0.25, 0.3) is 0 Å². The molecular weight excluding hydrogens is 214 g/mol. The summed E-state index contributed by atoms with van der Waals surface area (Å²) in [6.45, 7) is 2.77. The number of benzene rings is 1. The molecule has 1 N–H and O–H groups in total. The molecule has 0 fully saturated rings. The van der Waals surface area contributed by atoms with Crippen molar-refractivity contribution in [3.05, 3.63) is 41.6 Å². The fourth-order valence-electron chi connectivity index (χ4n) is 1.71. The summed E-state index contributed by atoms with van der Waals surface area (Å²) in [5.41, 5.74) is 2.23. The molecule has 0 aliphatic carbocycles. The molecule has 0 aliphatic heterocycles. The van der Waals surface area contributed by atoms with Crippen LogP contribution in [0.1, 0.15) is 11.3 Å². The van der Waals surface area contributed by atoms with E-state index in [0.29, 0.717) is 0 Å². The Morgan fingerprint density at radius 3 is 2.53 bits per heavy atom. The molecule has 2 aromatic rings. The molecule has 90 valence electrons. The predicted molar refractivity (Wildman–Crippen MR) is 68.3 cm³/mol. The van der Waals surface area contributed by atoms with Crippen molar-refractivity contribution < 1.29 is 4.74 Å². The van der Waals surface area contributed by atoms with Crippen LogP contribution in [0.25, 0.3) is 0 Å². The van der Waals surface area contributed by atoms with Gasteiger partial charge in [-0.15, -0.1) is 0 Å². The summed E-state index contributed by atoms with van der Waals surface area (Å²) in [4.78, 5) is 0. The summed E-state index contributed by atoms with van der Waals surface area (Å²) in [7, 11) is 3.61. The first-order valence-electron chi connectivity index (χ1n) is 5.56. The molecular formula is C13H17N3O. The summed E-state index contributed by atoms with van der Waals surface area (Å²) in [5.74, 6) is 1.91. The smallest absolute Gasteiger partial charge is 0.124 e. The third kappa shape index (κ3) is 2.78. The molecule has 0 spiro atoms. The fourth-order valence-corrected chi connectivity index (χ4v) is 1.71. The van der Waals surface area contributed by atoms with Crippen molar-refractivity contribution in [3.63, 3.8) is 0 Å². The first-order chi connectivity index (χ1) is 8.19. The number of ether oxygens (including phenoxy) is 1. The van der Waals surface area contributed by atoms with Gasteiger partial charge in [-0.3, -0.25) is 4.68 Å². The predicted octanol–water partition coefficient (Wildman–Crippen LogP) is 2.35. The molecule has 0 radical (unpaired) electrons. The van der Waals surface area contributed by atoms with Crippen LogP contribution in [0, 0.1) is 6.92 Å². The Bertz CT molecular complexity index is 488. The van der Waals surface area contributed by atoms with E-state index in [2.05, 4.69) is 22.5 Å². The van der Waals surface area contributed by atoms with Crippen molar-refractivity contribution in [1.29, 1.82) is 0 Å². The summed E-state index contributed by atoms with van der Waals surface area (Å²) >= 11 is 0. The van der Waals surface area contributed by atoms with Gasteiger partial charge >= 0.3 is 0 Å². The fraction of sp³-hybridized carbons (Fsp3) is 0.308. The zero-order valence-corrected chi connectivity index (χ0v) is 10.4. The Kier molecular flexibility index (Phi) is 3.32. The van der Waals surface area contributed by atoms with Crippen LogP contribution in [0.2, 0.25) is 0 Å². The van der Waals surface area contributed by atoms with Gasteiger partial charge in [0.2, 0.25) is 0 Å². The van der Waals surface area contributed by atoms with Gasteiger partial charge in [-0.2, -0.15) is 5.10 Å². The Morgan fingerprint density at radius 1 is 1.29 bits per heavy atom. The lowest BCUT2D eigenvalue weighted by molar-refractivity contribution is 0.414. The van der Waals surface area contributed by atoms with E-state index in [1.807, 2.05) is 36.9 Å². The minimum absolute atomic E-state index is 0.781. The average Bonchev–Trinajstić information content (AvgIpc) is 2.66. The number of hydrogen-bond acceptors (Lipinski definition) is 3. The average molecular weight is 231 g/mol. The lowest BCUT2D eigenvalue weighted by atomic mass is 10.2. The van der Waals surface area contributed by atoms with Crippen LogP contribution in [0.3, 0.4) is 0 Å². The number of nitrogens with one attached hydrogen (secondary N) is 1. The third-order valence-electron chi connectivity index (χ3n) is 2.63. The second kappa shape index (κ2) is 4.91. The van der Waals surface area contributed by atoms with E-state index in [1.54, 1.807) is 7.11 Å². The topological polar surface area (TPSA) is 39.1 Å². The largest absolute Gasteiger partial charge is 0.497 e. The number of nitrogens with zero attached hydrogens (tertiary/aromatic N) is 2. The standard InChI is InChI=1S/C13H17N3O/c1-10-8-13(16(2)15-10)14-9-11-4-6-12(17-3)7-5-11/h4-8,14H,9H2,1-3H3. The van der Waals surface area contributed by atoms with Gasteiger partial charge in [0.05, 0.1) is 12.8 Å². The van der Waals surface area contributed by atoms with Crippen molar-refractivity contribution in [2.45, 2.75) is 13.5 Å². The van der Waals surface area contributed by atoms with E-state index >= 15 is 0 Å². The van der Waals surface area contributed by atoms with Crippen LogP contribution in [-0.4, -0.2) is 16.9 Å². The van der Waals surface area contributed by atoms with Gasteiger partial charge < -0.3 is 10.1 Å². The van der Waals surface area contributed by atoms with E-state index < -0.39 is 0 Å². The highest BCUT2D eigenvalue weighted by atomic mass is 16.5. The maximum atomic E-state index is 5.12. The summed E-state index contributed by atoms with van der Waals surface area (Å²) in [5, 5.41) is 7.63. The Morgan fingerprint density at radius 2 is 2.00 bits per heavy atom. The molecule has 0 atom stereocenters. The molecule has 4 heteroatoms. The van der Waals surface area contributed by atoms with Gasteiger partial charge in [-0.05, 0) is 24.6 Å². The van der Waals surface area contributed by atoms with Crippen molar-refractivity contribution in [3.8, 4) is 5.75 Å². The Balaban J connectivity index is 1.99. The molecule has 0 unspecified atom stereocenters. The molecule has 0 saturated heterocycles. The Hall–Kier alpha value is -1.97. The van der Waals surface area contributed by atoms with Crippen molar-refractivity contribution in [2.24, 2.45) is 7.05 Å². The molecule has 2 rings (SSSR count). The molecule has 1 aromatic carbocycles. The maximum absolute atomic E-state index is 5.12. The van der Waals surface area contributed by atoms with Gasteiger partial charge in [-0.25, -0.2) is 0 Å². The van der Waals surface area contributed by atoms with Crippen LogP contribution in [0.5, 0.6) is 5.75 Å². The lowest BCUT2D eigenvalue weighted by Crippen LogP contribution is -2.04. The third-order valence-corrected chi connectivity index (χ3v) is 2.63. The molecule has 0 aliphatic rings. The number of aryl methyl sites for hydroxylation is 2. The highest BCUT2D eigenvalue weighted by molar-refractivity contribution is 5.38. The number of hydrogen-bond donors (Lipinski definition) is 1. The zero-order valence-electron chi connectivity index (χ0n) is 10.4. The molecule has 1 aromatic heterocycles. The van der Waals surface area contributed by atoms with Crippen LogP contribution >= 0.6 is 0 Å². The molecule has 0 bridgehead atoms. The van der Waals surface area contributed by atoms with Gasteiger partial charge in [0.1, 0.15) is 11.6 Å². The summed E-state index contributed by atoms with van der Waals surface area (Å²) in [6, 6.07) is 10.1. The van der Waals surface area contributed by atoms with E-state index in [-0.39, 0.29) is 0 Å². The second-order valence-corrected chi connectivity index (χ2v) is 4.00. The first kappa shape index (κ1) is 11.5. The molecule has 17 heavy (non-hydrogen) atoms. The number of anilines is 1. The first-order valence-corrected chi connectivity index (χ1v) is 5.56. The molecule has 1 heterocycles. The van der Waals surface area contributed by atoms with E-state index in [9.17, 15) is 0 Å². The van der Waals surface area contributed by atoms with Crippen molar-refractivity contribution in [1.82, 2.24) is 9.78 Å². The van der Waals surface area contributed by atoms with Crippen LogP contribution in [0.15, 0.2) is 30.3 Å². The Labute approximate surface area is 101 Å². The van der Waals surface area contributed by atoms with E-state index in [4.69, 9.17) is 4.74 Å². The molecule has 0 saturated carbocycles. The van der Waals surface area contributed by atoms with E-state index in [0.717, 1.165) is 23.8 Å². The highest BCUT2D eigenvalue weighted by Crippen LogP contribution is 2.13. The lowest BCUT2D eigenvalue weighted by Gasteiger charge is -2.07. The van der Waals surface area contributed by atoms with E-state index in [1.165, 1.54) is 5.56 Å². The minimum atomic E-state index is 0.781. The molecule has 0 amide bonds. The summed E-state index contributed by atoms with van der Waals surface area (Å²) < 4.78 is 6.97. The highest BCUT2D eigenvalue weighted by Gasteiger charge is 2.01. The number of aromatic nitrogens is 2. The van der Waals surface area contributed by atoms with Crippen molar-refractivity contribution in [2.75, 3.05) is 12.4 Å². The van der Waals surface area contributed by atoms with Gasteiger partial charge in [-0.1, -0.05) is 12.1 Å². The normalized spacial score (nSPS) is 10.3. The van der Waals surface area contributed by atoms with Crippen LogP contribution < -0.4 is 10.1 Å².